The van der Waals surface area contributed by atoms with Crippen molar-refractivity contribution in [1.82, 2.24) is 10.2 Å². The van der Waals surface area contributed by atoms with E-state index < -0.39 is 11.7 Å². The van der Waals surface area contributed by atoms with Crippen molar-refractivity contribution in [2.75, 3.05) is 26.2 Å². The maximum absolute atomic E-state index is 12.5. The Labute approximate surface area is 132 Å². The van der Waals surface area contributed by atoms with Crippen LogP contribution in [-0.4, -0.2) is 49.2 Å². The fraction of sp³-hybridized carbons (Fsp3) is 0.562. The van der Waals surface area contributed by atoms with Crippen LogP contribution in [0.25, 0.3) is 0 Å². The summed E-state index contributed by atoms with van der Waals surface area (Å²) >= 11 is 0. The molecule has 1 aromatic rings. The molecule has 1 aromatic carbocycles. The second-order valence-corrected chi connectivity index (χ2v) is 6.03. The van der Waals surface area contributed by atoms with E-state index in [1.807, 2.05) is 0 Å². The molecule has 0 unspecified atom stereocenters. The first kappa shape index (κ1) is 16.3. The number of nitrogens with zero attached hydrogens (tertiary/aromatic N) is 1. The molecule has 1 N–H and O–H groups in total. The Balaban J connectivity index is 1.51. The Bertz CT molecular complexity index is 559. The van der Waals surface area contributed by atoms with Crippen molar-refractivity contribution in [2.24, 2.45) is 0 Å². The lowest BCUT2D eigenvalue weighted by atomic mass is 10.1. The van der Waals surface area contributed by atoms with E-state index in [4.69, 9.17) is 4.74 Å². The van der Waals surface area contributed by atoms with Gasteiger partial charge >= 0.3 is 6.18 Å². The Morgan fingerprint density at radius 1 is 1.30 bits per heavy atom. The van der Waals surface area contributed by atoms with Gasteiger partial charge in [0.15, 0.2) is 0 Å². The lowest BCUT2D eigenvalue weighted by Crippen LogP contribution is -2.50. The summed E-state index contributed by atoms with van der Waals surface area (Å²) in [5.74, 6) is -0.383. The topological polar surface area (TPSA) is 41.6 Å². The van der Waals surface area contributed by atoms with E-state index in [2.05, 4.69) is 10.2 Å². The van der Waals surface area contributed by atoms with Crippen LogP contribution in [0.15, 0.2) is 24.3 Å². The first-order valence-corrected chi connectivity index (χ1v) is 7.74. The molecule has 0 aromatic heterocycles. The molecule has 2 aliphatic heterocycles. The highest BCUT2D eigenvalue weighted by Crippen LogP contribution is 2.29. The zero-order chi connectivity index (χ0) is 16.4. The van der Waals surface area contributed by atoms with Crippen molar-refractivity contribution in [3.63, 3.8) is 0 Å². The van der Waals surface area contributed by atoms with Crippen molar-refractivity contribution < 1.29 is 22.7 Å². The monoisotopic (exact) mass is 328 g/mol. The number of nitrogens with one attached hydrogen (secondary N) is 1. The van der Waals surface area contributed by atoms with E-state index in [1.54, 1.807) is 0 Å². The molecular formula is C16H19F3N2O2. The van der Waals surface area contributed by atoms with E-state index >= 15 is 0 Å². The van der Waals surface area contributed by atoms with Crippen LogP contribution in [0.3, 0.4) is 0 Å². The molecule has 2 saturated heterocycles. The van der Waals surface area contributed by atoms with Gasteiger partial charge in [-0.3, -0.25) is 9.69 Å². The molecule has 126 valence electrons. The number of fused-ring (bicyclic) bond motifs is 1. The lowest BCUT2D eigenvalue weighted by molar-refractivity contribution is -0.137. The standard InChI is InChI=1S/C16H19F3N2O2/c17-16(18,19)12-5-3-11(4-6-12)15(22)20-8-14-9-21-7-1-2-13(21)10-23-14/h3-6,13-14H,1-2,7-10H2,(H,20,22)/t13-,14+/m0/s1. The molecule has 0 bridgehead atoms. The second-order valence-electron chi connectivity index (χ2n) is 6.03. The van der Waals surface area contributed by atoms with E-state index in [1.165, 1.54) is 18.6 Å². The Morgan fingerprint density at radius 2 is 2.04 bits per heavy atom. The molecule has 2 aliphatic rings. The molecule has 0 saturated carbocycles. The first-order valence-electron chi connectivity index (χ1n) is 7.74. The van der Waals surface area contributed by atoms with Crippen LogP contribution in [0.4, 0.5) is 13.2 Å². The third-order valence-corrected chi connectivity index (χ3v) is 4.43. The van der Waals surface area contributed by atoms with Crippen molar-refractivity contribution in [3.8, 4) is 0 Å². The first-order chi connectivity index (χ1) is 10.9. The zero-order valence-electron chi connectivity index (χ0n) is 12.6. The number of morpholine rings is 1. The number of hydrogen-bond donors (Lipinski definition) is 1. The summed E-state index contributed by atoms with van der Waals surface area (Å²) in [4.78, 5) is 14.4. The number of alkyl halides is 3. The van der Waals surface area contributed by atoms with Gasteiger partial charge in [-0.2, -0.15) is 13.2 Å². The largest absolute Gasteiger partial charge is 0.416 e. The summed E-state index contributed by atoms with van der Waals surface area (Å²) in [6.45, 7) is 2.90. The van der Waals surface area contributed by atoms with Gasteiger partial charge in [0.25, 0.3) is 5.91 Å². The minimum absolute atomic E-state index is 0.0669. The number of ether oxygens (including phenoxy) is 1. The average Bonchev–Trinajstić information content (AvgIpc) is 2.99. The Morgan fingerprint density at radius 3 is 2.74 bits per heavy atom. The molecule has 0 radical (unpaired) electrons. The molecule has 2 fully saturated rings. The van der Waals surface area contributed by atoms with Crippen molar-refractivity contribution in [2.45, 2.75) is 31.2 Å². The quantitative estimate of drug-likeness (QED) is 0.926. The smallest absolute Gasteiger partial charge is 0.373 e. The van der Waals surface area contributed by atoms with Gasteiger partial charge in [-0.25, -0.2) is 0 Å². The van der Waals surface area contributed by atoms with Gasteiger partial charge < -0.3 is 10.1 Å². The molecule has 4 nitrogen and oxygen atoms in total. The van der Waals surface area contributed by atoms with E-state index in [9.17, 15) is 18.0 Å². The van der Waals surface area contributed by atoms with Gasteiger partial charge in [0, 0.05) is 24.7 Å². The van der Waals surface area contributed by atoms with Gasteiger partial charge in [-0.05, 0) is 43.7 Å². The number of hydrogen-bond acceptors (Lipinski definition) is 3. The minimum Gasteiger partial charge on any atom is -0.373 e. The van der Waals surface area contributed by atoms with Crippen LogP contribution in [-0.2, 0) is 10.9 Å². The summed E-state index contributed by atoms with van der Waals surface area (Å²) < 4.78 is 43.2. The summed E-state index contributed by atoms with van der Waals surface area (Å²) in [5, 5.41) is 2.73. The molecule has 2 heterocycles. The third-order valence-electron chi connectivity index (χ3n) is 4.43. The van der Waals surface area contributed by atoms with Crippen molar-refractivity contribution in [3.05, 3.63) is 35.4 Å². The molecule has 0 spiro atoms. The van der Waals surface area contributed by atoms with Crippen LogP contribution in [0.5, 0.6) is 0 Å². The summed E-state index contributed by atoms with van der Waals surface area (Å²) in [6, 6.07) is 4.71. The van der Waals surface area contributed by atoms with Gasteiger partial charge in [0.1, 0.15) is 0 Å². The zero-order valence-corrected chi connectivity index (χ0v) is 12.6. The number of rotatable bonds is 3. The van der Waals surface area contributed by atoms with Crippen LogP contribution in [0.2, 0.25) is 0 Å². The molecule has 7 heteroatoms. The number of carbonyl (C=O) groups is 1. The normalized spacial score (nSPS) is 25.2. The van der Waals surface area contributed by atoms with Crippen LogP contribution < -0.4 is 5.32 Å². The molecular weight excluding hydrogens is 309 g/mol. The average molecular weight is 328 g/mol. The molecule has 23 heavy (non-hydrogen) atoms. The predicted molar refractivity (Wildman–Crippen MR) is 78.1 cm³/mol. The van der Waals surface area contributed by atoms with E-state index in [0.717, 1.165) is 31.6 Å². The summed E-state index contributed by atoms with van der Waals surface area (Å²) in [6.07, 6.45) is -2.12. The fourth-order valence-electron chi connectivity index (χ4n) is 3.13. The molecule has 1 amide bonds. The molecule has 0 aliphatic carbocycles. The second kappa shape index (κ2) is 6.49. The molecule has 2 atom stereocenters. The summed E-state index contributed by atoms with van der Waals surface area (Å²) in [5.41, 5.74) is -0.544. The SMILES string of the molecule is O=C(NC[C@@H]1CN2CCC[C@H]2CO1)c1ccc(C(F)(F)F)cc1. The Kier molecular flexibility index (Phi) is 4.59. The van der Waals surface area contributed by atoms with Crippen LogP contribution in [0.1, 0.15) is 28.8 Å². The van der Waals surface area contributed by atoms with E-state index in [0.29, 0.717) is 19.2 Å². The lowest BCUT2D eigenvalue weighted by Gasteiger charge is -2.35. The van der Waals surface area contributed by atoms with Crippen LogP contribution in [0, 0.1) is 0 Å². The predicted octanol–water partition coefficient (Wildman–Crippen LogP) is 2.30. The van der Waals surface area contributed by atoms with Crippen LogP contribution >= 0.6 is 0 Å². The number of amides is 1. The van der Waals surface area contributed by atoms with Gasteiger partial charge in [-0.1, -0.05) is 0 Å². The van der Waals surface area contributed by atoms with Gasteiger partial charge in [0.2, 0.25) is 0 Å². The van der Waals surface area contributed by atoms with Gasteiger partial charge in [0.05, 0.1) is 18.3 Å². The van der Waals surface area contributed by atoms with Crippen molar-refractivity contribution in [1.29, 1.82) is 0 Å². The maximum atomic E-state index is 12.5. The summed E-state index contributed by atoms with van der Waals surface area (Å²) in [7, 11) is 0. The number of halogens is 3. The fourth-order valence-corrected chi connectivity index (χ4v) is 3.13. The highest BCUT2D eigenvalue weighted by molar-refractivity contribution is 5.94. The molecule has 3 rings (SSSR count). The highest BCUT2D eigenvalue weighted by Gasteiger charge is 2.32. The third kappa shape index (κ3) is 3.84. The number of benzene rings is 1. The van der Waals surface area contributed by atoms with Crippen molar-refractivity contribution >= 4 is 5.91 Å². The Hall–Kier alpha value is -1.60. The highest BCUT2D eigenvalue weighted by atomic mass is 19.4. The van der Waals surface area contributed by atoms with Gasteiger partial charge in [-0.15, -0.1) is 0 Å². The van der Waals surface area contributed by atoms with E-state index in [-0.39, 0.29) is 17.6 Å². The minimum atomic E-state index is -4.39. The maximum Gasteiger partial charge on any atom is 0.416 e. The number of carbonyl (C=O) groups excluding carboxylic acids is 1.